The van der Waals surface area contributed by atoms with E-state index in [2.05, 4.69) is 30.9 Å². The molecule has 144 valence electrons. The Kier molecular flexibility index (Phi) is 5.24. The maximum Gasteiger partial charge on any atom is 0.271 e. The monoisotopic (exact) mass is 385 g/mol. The van der Waals surface area contributed by atoms with Crippen molar-refractivity contribution in [3.63, 3.8) is 0 Å². The summed E-state index contributed by atoms with van der Waals surface area (Å²) in [6, 6.07) is 20.7. The summed E-state index contributed by atoms with van der Waals surface area (Å²) in [6.45, 7) is 2.29. The van der Waals surface area contributed by atoms with Gasteiger partial charge in [0.15, 0.2) is 0 Å². The summed E-state index contributed by atoms with van der Waals surface area (Å²) in [5, 5.41) is 16.7. The van der Waals surface area contributed by atoms with Crippen LogP contribution in [-0.4, -0.2) is 36.8 Å². The van der Waals surface area contributed by atoms with Crippen molar-refractivity contribution in [2.75, 3.05) is 0 Å². The van der Waals surface area contributed by atoms with Crippen molar-refractivity contribution in [2.24, 2.45) is 5.10 Å². The molecule has 0 aliphatic heterocycles. The molecule has 4 rings (SSSR count). The molecule has 0 atom stereocenters. The van der Waals surface area contributed by atoms with Gasteiger partial charge in [-0.3, -0.25) is 4.79 Å². The van der Waals surface area contributed by atoms with E-state index in [1.807, 2.05) is 67.7 Å². The van der Waals surface area contributed by atoms with E-state index in [-0.39, 0.29) is 5.91 Å². The van der Waals surface area contributed by atoms with E-state index in [0.29, 0.717) is 23.6 Å². The fraction of sp³-hybridized carbons (Fsp3) is 0.0952. The number of benzene rings is 2. The summed E-state index contributed by atoms with van der Waals surface area (Å²) in [5.41, 5.74) is 6.53. The number of nitrogens with zero attached hydrogens (tertiary/aromatic N) is 5. The van der Waals surface area contributed by atoms with Crippen molar-refractivity contribution in [3.05, 3.63) is 89.7 Å². The van der Waals surface area contributed by atoms with Gasteiger partial charge in [-0.05, 0) is 42.0 Å². The average Bonchev–Trinajstić information content (AvgIpc) is 3.45. The molecule has 1 amide bonds. The Hall–Kier alpha value is -4.07. The highest BCUT2D eigenvalue weighted by molar-refractivity contribution is 5.99. The molecule has 8 heteroatoms. The molecule has 8 nitrogen and oxygen atoms in total. The Labute approximate surface area is 167 Å². The first-order valence-electron chi connectivity index (χ1n) is 9.09. The second-order valence-corrected chi connectivity index (χ2v) is 6.43. The predicted octanol–water partition coefficient (Wildman–Crippen LogP) is 2.87. The Bertz CT molecular complexity index is 1110. The van der Waals surface area contributed by atoms with Crippen LogP contribution in [0.3, 0.4) is 0 Å². The molecule has 4 aromatic rings. The molecule has 2 N–H and O–H groups in total. The number of tetrazole rings is 1. The molecule has 0 aliphatic rings. The predicted molar refractivity (Wildman–Crippen MR) is 109 cm³/mol. The number of carbonyl (C=O) groups is 1. The third-order valence-corrected chi connectivity index (χ3v) is 4.34. The molecule has 0 radical (unpaired) electrons. The largest absolute Gasteiger partial charge is 0.360 e. The number of rotatable bonds is 6. The van der Waals surface area contributed by atoms with E-state index >= 15 is 0 Å². The van der Waals surface area contributed by atoms with Crippen LogP contribution in [0.2, 0.25) is 0 Å². The van der Waals surface area contributed by atoms with Crippen LogP contribution >= 0.6 is 0 Å². The van der Waals surface area contributed by atoms with Gasteiger partial charge in [-0.15, -0.1) is 10.2 Å². The van der Waals surface area contributed by atoms with Crippen LogP contribution in [0.1, 0.15) is 28.5 Å². The first-order chi connectivity index (χ1) is 14.2. The minimum absolute atomic E-state index is 0.271. The zero-order chi connectivity index (χ0) is 20.1. The topological polar surface area (TPSA) is 101 Å². The molecule has 2 aromatic heterocycles. The number of amides is 1. The smallest absolute Gasteiger partial charge is 0.271 e. The Morgan fingerprint density at radius 3 is 2.59 bits per heavy atom. The Morgan fingerprint density at radius 2 is 1.86 bits per heavy atom. The number of hydrazone groups is 1. The van der Waals surface area contributed by atoms with Gasteiger partial charge in [0.25, 0.3) is 5.91 Å². The van der Waals surface area contributed by atoms with Crippen LogP contribution in [0.15, 0.2) is 78.0 Å². The van der Waals surface area contributed by atoms with Crippen molar-refractivity contribution < 1.29 is 4.79 Å². The molecule has 0 saturated heterocycles. The molecule has 2 heterocycles. The highest BCUT2D eigenvalue weighted by Crippen LogP contribution is 2.12. The number of H-pyrrole nitrogens is 1. The quantitative estimate of drug-likeness (QED) is 0.394. The lowest BCUT2D eigenvalue weighted by atomic mass is 10.1. The summed E-state index contributed by atoms with van der Waals surface area (Å²) in [7, 11) is 0. The third-order valence-electron chi connectivity index (χ3n) is 4.34. The van der Waals surface area contributed by atoms with E-state index in [4.69, 9.17) is 0 Å². The standard InChI is InChI=1S/C21H19N7O/c1-15(19-8-5-13-22-19)23-25-21(29)18-11-9-16(10-12-18)14-28-26-20(24-27-28)17-6-3-2-4-7-17/h2-13,22H,14H2,1H3,(H,25,29)/b23-15+. The van der Waals surface area contributed by atoms with Crippen LogP contribution in [0, 0.1) is 0 Å². The minimum Gasteiger partial charge on any atom is -0.360 e. The molecule has 29 heavy (non-hydrogen) atoms. The molecule has 0 saturated carbocycles. The molecular formula is C21H19N7O. The summed E-state index contributed by atoms with van der Waals surface area (Å²) >= 11 is 0. The van der Waals surface area contributed by atoms with E-state index < -0.39 is 0 Å². The van der Waals surface area contributed by atoms with Gasteiger partial charge in [0.2, 0.25) is 5.82 Å². The average molecular weight is 385 g/mol. The highest BCUT2D eigenvalue weighted by atomic mass is 16.2. The van der Waals surface area contributed by atoms with Crippen molar-refractivity contribution in [1.82, 2.24) is 30.6 Å². The number of carbonyl (C=O) groups excluding carboxylic acids is 1. The van der Waals surface area contributed by atoms with Crippen molar-refractivity contribution in [2.45, 2.75) is 13.5 Å². The summed E-state index contributed by atoms with van der Waals surface area (Å²) < 4.78 is 0. The van der Waals surface area contributed by atoms with Crippen molar-refractivity contribution in [3.8, 4) is 11.4 Å². The number of hydrogen-bond acceptors (Lipinski definition) is 5. The van der Waals surface area contributed by atoms with Crippen LogP contribution in [0.25, 0.3) is 11.4 Å². The summed E-state index contributed by atoms with van der Waals surface area (Å²) in [5.74, 6) is 0.310. The van der Waals surface area contributed by atoms with Gasteiger partial charge < -0.3 is 4.98 Å². The maximum absolute atomic E-state index is 12.3. The first kappa shape index (κ1) is 18.3. The zero-order valence-electron chi connectivity index (χ0n) is 15.8. The van der Waals surface area contributed by atoms with Crippen LogP contribution in [0.4, 0.5) is 0 Å². The molecule has 0 spiro atoms. The first-order valence-corrected chi connectivity index (χ1v) is 9.09. The van der Waals surface area contributed by atoms with Crippen LogP contribution in [0.5, 0.6) is 0 Å². The molecule has 0 unspecified atom stereocenters. The lowest BCUT2D eigenvalue weighted by Crippen LogP contribution is -2.19. The molecule has 2 aromatic carbocycles. The molecule has 0 fully saturated rings. The summed E-state index contributed by atoms with van der Waals surface area (Å²) in [6.07, 6.45) is 1.81. The van der Waals surface area contributed by atoms with E-state index in [9.17, 15) is 4.79 Å². The lowest BCUT2D eigenvalue weighted by molar-refractivity contribution is 0.0955. The van der Waals surface area contributed by atoms with Gasteiger partial charge in [0.05, 0.1) is 18.0 Å². The molecule has 0 aliphatic carbocycles. The van der Waals surface area contributed by atoms with E-state index in [1.165, 1.54) is 4.80 Å². The number of aromatic amines is 1. The van der Waals surface area contributed by atoms with Gasteiger partial charge >= 0.3 is 0 Å². The van der Waals surface area contributed by atoms with Gasteiger partial charge in [0, 0.05) is 17.3 Å². The second kappa shape index (κ2) is 8.30. The number of hydrogen-bond donors (Lipinski definition) is 2. The fourth-order valence-corrected chi connectivity index (χ4v) is 2.75. The van der Waals surface area contributed by atoms with E-state index in [1.54, 1.807) is 12.1 Å². The van der Waals surface area contributed by atoms with Crippen LogP contribution < -0.4 is 5.43 Å². The van der Waals surface area contributed by atoms with Crippen LogP contribution in [-0.2, 0) is 6.54 Å². The van der Waals surface area contributed by atoms with Gasteiger partial charge in [-0.2, -0.15) is 9.90 Å². The normalized spacial score (nSPS) is 11.4. The van der Waals surface area contributed by atoms with Crippen molar-refractivity contribution in [1.29, 1.82) is 0 Å². The fourth-order valence-electron chi connectivity index (χ4n) is 2.75. The SMILES string of the molecule is C/C(=N\NC(=O)c1ccc(Cn2nnc(-c3ccccc3)n2)cc1)c1ccc[nH]1. The zero-order valence-corrected chi connectivity index (χ0v) is 15.8. The summed E-state index contributed by atoms with van der Waals surface area (Å²) in [4.78, 5) is 16.9. The second-order valence-electron chi connectivity index (χ2n) is 6.43. The number of nitrogens with one attached hydrogen (secondary N) is 2. The molecule has 0 bridgehead atoms. The third kappa shape index (κ3) is 4.44. The van der Waals surface area contributed by atoms with Gasteiger partial charge in [-0.25, -0.2) is 5.43 Å². The lowest BCUT2D eigenvalue weighted by Gasteiger charge is -2.04. The Morgan fingerprint density at radius 1 is 1.07 bits per heavy atom. The van der Waals surface area contributed by atoms with Crippen molar-refractivity contribution >= 4 is 11.6 Å². The van der Waals surface area contributed by atoms with Gasteiger partial charge in [0.1, 0.15) is 0 Å². The van der Waals surface area contributed by atoms with E-state index in [0.717, 1.165) is 16.8 Å². The number of aromatic nitrogens is 5. The highest BCUT2D eigenvalue weighted by Gasteiger charge is 2.08. The minimum atomic E-state index is -0.271. The van der Waals surface area contributed by atoms with Gasteiger partial charge in [-0.1, -0.05) is 42.5 Å². The Balaban J connectivity index is 1.38. The molecular weight excluding hydrogens is 366 g/mol. The maximum atomic E-state index is 12.3.